The molecule has 2 atom stereocenters. The van der Waals surface area contributed by atoms with Gasteiger partial charge in [-0.1, -0.05) is 18.7 Å². The van der Waals surface area contributed by atoms with Gasteiger partial charge in [0.15, 0.2) is 5.17 Å². The van der Waals surface area contributed by atoms with E-state index in [0.717, 1.165) is 11.7 Å². The molecule has 0 aromatic heterocycles. The number of aliphatic imine (C=N–C) groups is 1. The Hall–Kier alpha value is 0.170. The molecule has 1 N–H and O–H groups in total. The van der Waals surface area contributed by atoms with E-state index in [1.165, 1.54) is 12.2 Å². The first-order chi connectivity index (χ1) is 6.22. The van der Waals surface area contributed by atoms with Crippen molar-refractivity contribution in [1.82, 2.24) is 5.32 Å². The molecule has 13 heavy (non-hydrogen) atoms. The third-order valence-electron chi connectivity index (χ3n) is 2.05. The molecule has 1 aliphatic rings. The molecule has 1 fully saturated rings. The number of nitrogens with one attached hydrogen (secondary N) is 1. The van der Waals surface area contributed by atoms with Gasteiger partial charge in [0.1, 0.15) is 0 Å². The molecule has 0 aliphatic carbocycles. The predicted molar refractivity (Wildman–Crippen MR) is 65.0 cm³/mol. The van der Waals surface area contributed by atoms with Crippen molar-refractivity contribution in [3.63, 3.8) is 0 Å². The summed E-state index contributed by atoms with van der Waals surface area (Å²) in [7, 11) is 0. The first-order valence-corrected chi connectivity index (χ1v) is 6.96. The van der Waals surface area contributed by atoms with E-state index in [1.807, 2.05) is 23.5 Å². The van der Waals surface area contributed by atoms with Crippen LogP contribution in [0.1, 0.15) is 20.3 Å². The molecule has 0 spiro atoms. The second-order valence-corrected chi connectivity index (χ2v) is 5.73. The van der Waals surface area contributed by atoms with Gasteiger partial charge in [0.2, 0.25) is 0 Å². The molecular weight excluding hydrogens is 200 g/mol. The van der Waals surface area contributed by atoms with E-state index < -0.39 is 0 Å². The highest BCUT2D eigenvalue weighted by Crippen LogP contribution is 2.14. The molecule has 0 radical (unpaired) electrons. The molecule has 2 nitrogen and oxygen atoms in total. The van der Waals surface area contributed by atoms with Gasteiger partial charge in [-0.05, 0) is 19.6 Å². The van der Waals surface area contributed by atoms with Crippen molar-refractivity contribution in [2.75, 3.05) is 18.6 Å². The highest BCUT2D eigenvalue weighted by molar-refractivity contribution is 8.13. The summed E-state index contributed by atoms with van der Waals surface area (Å²) < 4.78 is 0. The van der Waals surface area contributed by atoms with Gasteiger partial charge in [-0.3, -0.25) is 4.99 Å². The van der Waals surface area contributed by atoms with Crippen molar-refractivity contribution in [3.8, 4) is 0 Å². The Bertz CT molecular complexity index is 182. The Kier molecular flexibility index (Phi) is 5.02. The van der Waals surface area contributed by atoms with Crippen molar-refractivity contribution in [2.24, 2.45) is 4.99 Å². The first kappa shape index (κ1) is 11.2. The maximum atomic E-state index is 4.55. The second kappa shape index (κ2) is 5.81. The summed E-state index contributed by atoms with van der Waals surface area (Å²) in [6, 6.07) is 0.601. The molecule has 76 valence electrons. The lowest BCUT2D eigenvalue weighted by molar-refractivity contribution is 0.642. The number of nitrogens with zero attached hydrogens (tertiary/aromatic N) is 1. The fourth-order valence-corrected chi connectivity index (χ4v) is 2.37. The van der Waals surface area contributed by atoms with Gasteiger partial charge in [-0.2, -0.15) is 11.8 Å². The average Bonchev–Trinajstić information content (AvgIpc) is 2.14. The van der Waals surface area contributed by atoms with E-state index in [4.69, 9.17) is 0 Å². The molecule has 1 rings (SSSR count). The van der Waals surface area contributed by atoms with Gasteiger partial charge < -0.3 is 5.32 Å². The molecule has 1 saturated heterocycles. The molecule has 1 aliphatic heterocycles. The van der Waals surface area contributed by atoms with Gasteiger partial charge >= 0.3 is 0 Å². The van der Waals surface area contributed by atoms with Gasteiger partial charge in [0.05, 0.1) is 6.54 Å². The Morgan fingerprint density at radius 2 is 2.54 bits per heavy atom. The van der Waals surface area contributed by atoms with E-state index in [9.17, 15) is 0 Å². The summed E-state index contributed by atoms with van der Waals surface area (Å²) in [5.41, 5.74) is 0. The largest absolute Gasteiger partial charge is 0.362 e. The lowest BCUT2D eigenvalue weighted by atomic mass is 10.3. The van der Waals surface area contributed by atoms with Gasteiger partial charge in [-0.15, -0.1) is 0 Å². The summed E-state index contributed by atoms with van der Waals surface area (Å²) in [6.07, 6.45) is 3.39. The van der Waals surface area contributed by atoms with Crippen molar-refractivity contribution in [2.45, 2.75) is 31.6 Å². The minimum atomic E-state index is 0.601. The topological polar surface area (TPSA) is 24.4 Å². The average molecular weight is 218 g/mol. The van der Waals surface area contributed by atoms with Crippen molar-refractivity contribution in [1.29, 1.82) is 0 Å². The Morgan fingerprint density at radius 3 is 3.15 bits per heavy atom. The summed E-state index contributed by atoms with van der Waals surface area (Å²) >= 11 is 3.72. The summed E-state index contributed by atoms with van der Waals surface area (Å²) in [5, 5.41) is 5.17. The van der Waals surface area contributed by atoms with Crippen LogP contribution < -0.4 is 5.32 Å². The quantitative estimate of drug-likeness (QED) is 0.786. The zero-order valence-electron chi connectivity index (χ0n) is 8.54. The predicted octanol–water partition coefficient (Wildman–Crippen LogP) is 2.21. The summed E-state index contributed by atoms with van der Waals surface area (Å²) in [6.45, 7) is 5.36. The zero-order chi connectivity index (χ0) is 9.68. The molecular formula is C9H18N2S2. The molecule has 1 heterocycles. The van der Waals surface area contributed by atoms with Crippen LogP contribution in [0.5, 0.6) is 0 Å². The Morgan fingerprint density at radius 1 is 1.77 bits per heavy atom. The minimum absolute atomic E-state index is 0.601. The van der Waals surface area contributed by atoms with Crippen molar-refractivity contribution < 1.29 is 0 Å². The van der Waals surface area contributed by atoms with Crippen LogP contribution in [0.25, 0.3) is 0 Å². The number of hydrogen-bond donors (Lipinski definition) is 1. The lowest BCUT2D eigenvalue weighted by Gasteiger charge is -2.22. The highest BCUT2D eigenvalue weighted by Gasteiger charge is 2.12. The third-order valence-corrected chi connectivity index (χ3v) is 3.97. The van der Waals surface area contributed by atoms with Crippen LogP contribution in [0.4, 0.5) is 0 Å². The van der Waals surface area contributed by atoms with Crippen LogP contribution in [0, 0.1) is 0 Å². The molecule has 0 bridgehead atoms. The standard InChI is InChI=1S/C9H18N2S2/c1-7-4-5-13-9(11-7)10-6-8(2)12-3/h7-8H,4-6H2,1-3H3,(H,10,11). The van der Waals surface area contributed by atoms with Crippen LogP contribution in [-0.2, 0) is 0 Å². The van der Waals surface area contributed by atoms with Crippen molar-refractivity contribution in [3.05, 3.63) is 0 Å². The highest BCUT2D eigenvalue weighted by atomic mass is 32.2. The maximum Gasteiger partial charge on any atom is 0.156 e. The van der Waals surface area contributed by atoms with E-state index in [0.29, 0.717) is 11.3 Å². The van der Waals surface area contributed by atoms with Gasteiger partial charge in [-0.25, -0.2) is 0 Å². The number of hydrogen-bond acceptors (Lipinski definition) is 3. The second-order valence-electron chi connectivity index (χ2n) is 3.37. The Labute approximate surface area is 89.3 Å². The third kappa shape index (κ3) is 4.27. The molecule has 0 aromatic carbocycles. The summed E-state index contributed by atoms with van der Waals surface area (Å²) in [5.74, 6) is 1.21. The molecule has 0 saturated carbocycles. The smallest absolute Gasteiger partial charge is 0.156 e. The number of thioether (sulfide) groups is 2. The van der Waals surface area contributed by atoms with Crippen LogP contribution in [0.3, 0.4) is 0 Å². The number of rotatable bonds is 3. The summed E-state index contributed by atoms with van der Waals surface area (Å²) in [4.78, 5) is 4.55. The monoisotopic (exact) mass is 218 g/mol. The van der Waals surface area contributed by atoms with Crippen molar-refractivity contribution >= 4 is 28.7 Å². The van der Waals surface area contributed by atoms with Crippen LogP contribution in [0.15, 0.2) is 4.99 Å². The SMILES string of the molecule is CSC(C)CN=C1NC(C)CCS1. The zero-order valence-corrected chi connectivity index (χ0v) is 10.2. The van der Waals surface area contributed by atoms with Crippen LogP contribution in [0.2, 0.25) is 0 Å². The van der Waals surface area contributed by atoms with E-state index in [-0.39, 0.29) is 0 Å². The van der Waals surface area contributed by atoms with E-state index in [2.05, 4.69) is 30.4 Å². The van der Waals surface area contributed by atoms with E-state index in [1.54, 1.807) is 0 Å². The lowest BCUT2D eigenvalue weighted by Crippen LogP contribution is -2.35. The number of amidine groups is 1. The van der Waals surface area contributed by atoms with Gasteiger partial charge in [0, 0.05) is 17.0 Å². The first-order valence-electron chi connectivity index (χ1n) is 4.69. The normalized spacial score (nSPS) is 28.5. The Balaban J connectivity index is 2.32. The molecule has 2 unspecified atom stereocenters. The van der Waals surface area contributed by atoms with Crippen LogP contribution in [-0.4, -0.2) is 35.0 Å². The van der Waals surface area contributed by atoms with E-state index >= 15 is 0 Å². The molecule has 0 amide bonds. The minimum Gasteiger partial charge on any atom is -0.362 e. The molecule has 0 aromatic rings. The molecule has 4 heteroatoms. The maximum absolute atomic E-state index is 4.55. The van der Waals surface area contributed by atoms with Crippen LogP contribution >= 0.6 is 23.5 Å². The fraction of sp³-hybridized carbons (Fsp3) is 0.889. The fourth-order valence-electron chi connectivity index (χ4n) is 1.03. The van der Waals surface area contributed by atoms with Gasteiger partial charge in [0.25, 0.3) is 0 Å².